The fraction of sp³-hybridized carbons (Fsp3) is 0.273. The molecule has 0 bridgehead atoms. The first kappa shape index (κ1) is 13.4. The van der Waals surface area contributed by atoms with Crippen LogP contribution in [-0.2, 0) is 9.59 Å². The van der Waals surface area contributed by atoms with Crippen molar-refractivity contribution < 1.29 is 19.6 Å². The van der Waals surface area contributed by atoms with Gasteiger partial charge in [-0.2, -0.15) is 0 Å². The third-order valence-corrected chi connectivity index (χ3v) is 2.20. The van der Waals surface area contributed by atoms with Gasteiger partial charge in [-0.25, -0.2) is 0 Å². The van der Waals surface area contributed by atoms with Gasteiger partial charge in [0.15, 0.2) is 0 Å². The van der Waals surface area contributed by atoms with Gasteiger partial charge >= 0.3 is 7.12 Å². The Balaban J connectivity index is 2.51. The maximum absolute atomic E-state index is 11.4. The third kappa shape index (κ3) is 4.80. The average Bonchev–Trinajstić information content (AvgIpc) is 2.27. The lowest BCUT2D eigenvalue weighted by molar-refractivity contribution is -0.121. The van der Waals surface area contributed by atoms with Crippen LogP contribution in [0.5, 0.6) is 0 Å². The second-order valence-electron chi connectivity index (χ2n) is 3.75. The van der Waals surface area contributed by atoms with Gasteiger partial charge in [-0.05, 0) is 24.5 Å². The van der Waals surface area contributed by atoms with E-state index in [4.69, 9.17) is 10.0 Å². The normalized spacial score (nSPS) is 9.82. The van der Waals surface area contributed by atoms with Crippen LogP contribution in [0.2, 0.25) is 0 Å². The van der Waals surface area contributed by atoms with E-state index in [0.717, 1.165) is 0 Å². The molecule has 0 aliphatic heterocycles. The molecule has 3 N–H and O–H groups in total. The summed E-state index contributed by atoms with van der Waals surface area (Å²) in [6.45, 7) is 1.44. The Labute approximate surface area is 99.6 Å². The van der Waals surface area contributed by atoms with Gasteiger partial charge in [-0.3, -0.25) is 4.79 Å². The predicted octanol–water partition coefficient (Wildman–Crippen LogP) is -0.326. The molecule has 0 aliphatic carbocycles. The standard InChI is InChI=1S/C11H14BNO4/c1-8(14)2-7-11(15)13-10-5-3-9(4-6-10)12(16)17/h3-6,16-17H,2,7H2,1H3,(H,13,15). The second kappa shape index (κ2) is 6.17. The Hall–Kier alpha value is -1.66. The summed E-state index contributed by atoms with van der Waals surface area (Å²) in [7, 11) is -1.52. The van der Waals surface area contributed by atoms with Crippen LogP contribution in [0.4, 0.5) is 5.69 Å². The van der Waals surface area contributed by atoms with Crippen molar-refractivity contribution in [3.05, 3.63) is 24.3 Å². The molecule has 0 saturated carbocycles. The number of carbonyl (C=O) groups is 2. The lowest BCUT2D eigenvalue weighted by Gasteiger charge is -2.05. The molecule has 1 aromatic rings. The fourth-order valence-corrected chi connectivity index (χ4v) is 1.25. The lowest BCUT2D eigenvalue weighted by atomic mass is 9.80. The molecular weight excluding hydrogens is 221 g/mol. The van der Waals surface area contributed by atoms with Crippen molar-refractivity contribution >= 4 is 30.0 Å². The van der Waals surface area contributed by atoms with Gasteiger partial charge in [0.05, 0.1) is 0 Å². The monoisotopic (exact) mass is 235 g/mol. The Morgan fingerprint density at radius 1 is 1.18 bits per heavy atom. The molecule has 0 aliphatic rings. The van der Waals surface area contributed by atoms with Crippen molar-refractivity contribution in [3.8, 4) is 0 Å². The first-order valence-electron chi connectivity index (χ1n) is 5.24. The molecule has 0 heterocycles. The maximum atomic E-state index is 11.4. The number of carbonyl (C=O) groups excluding carboxylic acids is 2. The van der Waals surface area contributed by atoms with Crippen molar-refractivity contribution in [2.24, 2.45) is 0 Å². The molecule has 1 rings (SSSR count). The van der Waals surface area contributed by atoms with Crippen molar-refractivity contribution in [1.29, 1.82) is 0 Å². The first-order chi connectivity index (χ1) is 7.99. The number of nitrogens with one attached hydrogen (secondary N) is 1. The summed E-state index contributed by atoms with van der Waals surface area (Å²) < 4.78 is 0. The Kier molecular flexibility index (Phi) is 4.87. The van der Waals surface area contributed by atoms with Gasteiger partial charge in [0.25, 0.3) is 0 Å². The molecular formula is C11H14BNO4. The van der Waals surface area contributed by atoms with Crippen molar-refractivity contribution in [3.63, 3.8) is 0 Å². The third-order valence-electron chi connectivity index (χ3n) is 2.20. The van der Waals surface area contributed by atoms with Gasteiger partial charge in [0, 0.05) is 18.5 Å². The van der Waals surface area contributed by atoms with Crippen LogP contribution in [0.15, 0.2) is 24.3 Å². The van der Waals surface area contributed by atoms with E-state index in [2.05, 4.69) is 5.32 Å². The topological polar surface area (TPSA) is 86.6 Å². The maximum Gasteiger partial charge on any atom is 0.488 e. The number of anilines is 1. The van der Waals surface area contributed by atoms with Crippen LogP contribution in [0.25, 0.3) is 0 Å². The molecule has 0 fully saturated rings. The number of hydrogen-bond donors (Lipinski definition) is 3. The number of rotatable bonds is 5. The zero-order chi connectivity index (χ0) is 12.8. The minimum atomic E-state index is -1.52. The molecule has 0 saturated heterocycles. The van der Waals surface area contributed by atoms with E-state index >= 15 is 0 Å². The fourth-order valence-electron chi connectivity index (χ4n) is 1.25. The van der Waals surface area contributed by atoms with Crippen LogP contribution < -0.4 is 10.8 Å². The van der Waals surface area contributed by atoms with Crippen molar-refractivity contribution in [1.82, 2.24) is 0 Å². The largest absolute Gasteiger partial charge is 0.488 e. The van der Waals surface area contributed by atoms with Crippen LogP contribution in [0.3, 0.4) is 0 Å². The van der Waals surface area contributed by atoms with Crippen LogP contribution in [-0.4, -0.2) is 28.9 Å². The van der Waals surface area contributed by atoms with Gasteiger partial charge in [-0.1, -0.05) is 12.1 Å². The number of ketones is 1. The lowest BCUT2D eigenvalue weighted by Crippen LogP contribution is -2.29. The number of benzene rings is 1. The zero-order valence-electron chi connectivity index (χ0n) is 9.51. The molecule has 1 aromatic carbocycles. The Morgan fingerprint density at radius 2 is 1.76 bits per heavy atom. The molecule has 0 unspecified atom stereocenters. The molecule has 17 heavy (non-hydrogen) atoms. The average molecular weight is 235 g/mol. The highest BCUT2D eigenvalue weighted by atomic mass is 16.4. The van der Waals surface area contributed by atoms with Crippen LogP contribution in [0, 0.1) is 0 Å². The number of hydrogen-bond acceptors (Lipinski definition) is 4. The summed E-state index contributed by atoms with van der Waals surface area (Å²) in [5.41, 5.74) is 0.912. The van der Waals surface area contributed by atoms with Crippen molar-refractivity contribution in [2.75, 3.05) is 5.32 Å². The molecule has 0 atom stereocenters. The Morgan fingerprint density at radius 3 is 2.24 bits per heavy atom. The number of Topliss-reactive ketones (excluding diaryl/α,β-unsaturated/α-hetero) is 1. The molecule has 5 nitrogen and oxygen atoms in total. The quantitative estimate of drug-likeness (QED) is 0.610. The minimum absolute atomic E-state index is 0.0288. The highest BCUT2D eigenvalue weighted by molar-refractivity contribution is 6.58. The molecule has 0 spiro atoms. The molecule has 0 aromatic heterocycles. The number of amides is 1. The molecule has 1 amide bonds. The summed E-state index contributed by atoms with van der Waals surface area (Å²) in [4.78, 5) is 22.1. The Bertz CT molecular complexity index is 402. The first-order valence-corrected chi connectivity index (χ1v) is 5.24. The van der Waals surface area contributed by atoms with Crippen LogP contribution in [0.1, 0.15) is 19.8 Å². The van der Waals surface area contributed by atoms with Gasteiger partial charge in [0.1, 0.15) is 5.78 Å². The highest BCUT2D eigenvalue weighted by Crippen LogP contribution is 2.05. The van der Waals surface area contributed by atoms with E-state index < -0.39 is 7.12 Å². The summed E-state index contributed by atoms with van der Waals surface area (Å²) >= 11 is 0. The van der Waals surface area contributed by atoms with E-state index in [1.807, 2.05) is 0 Å². The van der Waals surface area contributed by atoms with Gasteiger partial charge in [0.2, 0.25) is 5.91 Å². The molecule has 0 radical (unpaired) electrons. The van der Waals surface area contributed by atoms with E-state index in [0.29, 0.717) is 11.2 Å². The zero-order valence-corrected chi connectivity index (χ0v) is 9.51. The van der Waals surface area contributed by atoms with Gasteiger partial charge < -0.3 is 20.2 Å². The van der Waals surface area contributed by atoms with E-state index in [1.54, 1.807) is 12.1 Å². The van der Waals surface area contributed by atoms with E-state index in [-0.39, 0.29) is 24.5 Å². The highest BCUT2D eigenvalue weighted by Gasteiger charge is 2.10. The minimum Gasteiger partial charge on any atom is -0.423 e. The predicted molar refractivity (Wildman–Crippen MR) is 64.8 cm³/mol. The van der Waals surface area contributed by atoms with Gasteiger partial charge in [-0.15, -0.1) is 0 Å². The summed E-state index contributed by atoms with van der Waals surface area (Å²) in [6, 6.07) is 6.15. The summed E-state index contributed by atoms with van der Waals surface area (Å²) in [5.74, 6) is -0.267. The summed E-state index contributed by atoms with van der Waals surface area (Å²) in [5, 5.41) is 20.4. The summed E-state index contributed by atoms with van der Waals surface area (Å²) in [6.07, 6.45) is 0.374. The molecule has 6 heteroatoms. The van der Waals surface area contributed by atoms with Crippen molar-refractivity contribution in [2.45, 2.75) is 19.8 Å². The van der Waals surface area contributed by atoms with Crippen LogP contribution >= 0.6 is 0 Å². The van der Waals surface area contributed by atoms with E-state index in [9.17, 15) is 9.59 Å². The SMILES string of the molecule is CC(=O)CCC(=O)Nc1ccc(B(O)O)cc1. The second-order valence-corrected chi connectivity index (χ2v) is 3.75. The smallest absolute Gasteiger partial charge is 0.423 e. The van der Waals surface area contributed by atoms with E-state index in [1.165, 1.54) is 19.1 Å². The molecule has 90 valence electrons.